The third kappa shape index (κ3) is 3.58. The second-order valence-corrected chi connectivity index (χ2v) is 5.10. The minimum atomic E-state index is -0.0758. The minimum absolute atomic E-state index is 0.0758. The number of carbonyl (C=O) groups excluding carboxylic acids is 1. The number of nitrogens with one attached hydrogen (secondary N) is 1. The molecule has 4 heteroatoms. The van der Waals surface area contributed by atoms with Crippen LogP contribution in [0, 0.1) is 12.8 Å². The lowest BCUT2D eigenvalue weighted by atomic mass is 10.0. The maximum absolute atomic E-state index is 12.0. The number of carbonyl (C=O) groups is 1. The van der Waals surface area contributed by atoms with Crippen LogP contribution < -0.4 is 5.32 Å². The van der Waals surface area contributed by atoms with E-state index in [9.17, 15) is 4.79 Å². The van der Waals surface area contributed by atoms with Gasteiger partial charge in [-0.15, -0.1) is 0 Å². The number of amides is 1. The van der Waals surface area contributed by atoms with Crippen LogP contribution in [0.5, 0.6) is 0 Å². The Morgan fingerprint density at radius 2 is 2.00 bits per heavy atom. The number of aromatic nitrogens is 1. The van der Waals surface area contributed by atoms with Gasteiger partial charge in [0.25, 0.3) is 5.91 Å². The van der Waals surface area contributed by atoms with E-state index in [2.05, 4.69) is 24.3 Å². The molecule has 0 radical (unpaired) electrons. The zero-order chi connectivity index (χ0) is 13.0. The average molecular weight is 238 g/mol. The van der Waals surface area contributed by atoms with Crippen molar-refractivity contribution in [1.29, 1.82) is 0 Å². The summed E-state index contributed by atoms with van der Waals surface area (Å²) in [6.07, 6.45) is 0.979. The molecule has 0 spiro atoms. The van der Waals surface area contributed by atoms with Crippen LogP contribution in [0.25, 0.3) is 0 Å². The van der Waals surface area contributed by atoms with E-state index >= 15 is 0 Å². The lowest BCUT2D eigenvalue weighted by molar-refractivity contribution is 0.0949. The van der Waals surface area contributed by atoms with Crippen molar-refractivity contribution in [2.45, 2.75) is 47.0 Å². The summed E-state index contributed by atoms with van der Waals surface area (Å²) in [7, 11) is 0. The fraction of sp³-hybridized carbons (Fsp3) is 0.692. The molecule has 0 aliphatic carbocycles. The first-order chi connectivity index (χ1) is 7.93. The molecule has 1 amide bonds. The van der Waals surface area contributed by atoms with Crippen molar-refractivity contribution < 1.29 is 9.32 Å². The topological polar surface area (TPSA) is 55.1 Å². The quantitative estimate of drug-likeness (QED) is 0.858. The SMILES string of the molecule is Cc1noc(C(C)C)c1C(=O)NCCC(C)C. The molecule has 0 atom stereocenters. The Morgan fingerprint density at radius 1 is 1.35 bits per heavy atom. The summed E-state index contributed by atoms with van der Waals surface area (Å²) < 4.78 is 5.19. The van der Waals surface area contributed by atoms with E-state index < -0.39 is 0 Å². The highest BCUT2D eigenvalue weighted by Crippen LogP contribution is 2.21. The van der Waals surface area contributed by atoms with Crippen LogP contribution in [-0.4, -0.2) is 17.6 Å². The van der Waals surface area contributed by atoms with Crippen molar-refractivity contribution in [2.24, 2.45) is 5.92 Å². The molecular weight excluding hydrogens is 216 g/mol. The Morgan fingerprint density at radius 3 is 2.53 bits per heavy atom. The molecule has 1 rings (SSSR count). The normalized spacial score (nSPS) is 11.2. The van der Waals surface area contributed by atoms with Crippen molar-refractivity contribution in [2.75, 3.05) is 6.54 Å². The molecule has 4 nitrogen and oxygen atoms in total. The molecule has 0 bridgehead atoms. The highest BCUT2D eigenvalue weighted by molar-refractivity contribution is 5.96. The Labute approximate surface area is 103 Å². The Kier molecular flexibility index (Phi) is 4.73. The molecule has 96 valence electrons. The molecule has 0 aliphatic heterocycles. The lowest BCUT2D eigenvalue weighted by Crippen LogP contribution is -2.26. The third-order valence-electron chi connectivity index (χ3n) is 2.65. The highest BCUT2D eigenvalue weighted by atomic mass is 16.5. The van der Waals surface area contributed by atoms with Crippen molar-refractivity contribution >= 4 is 5.91 Å². The molecule has 17 heavy (non-hydrogen) atoms. The maximum atomic E-state index is 12.0. The number of hydrogen-bond acceptors (Lipinski definition) is 3. The van der Waals surface area contributed by atoms with E-state index in [1.54, 1.807) is 6.92 Å². The molecule has 0 unspecified atom stereocenters. The monoisotopic (exact) mass is 238 g/mol. The zero-order valence-electron chi connectivity index (χ0n) is 11.3. The fourth-order valence-electron chi connectivity index (χ4n) is 1.62. The maximum Gasteiger partial charge on any atom is 0.256 e. The van der Waals surface area contributed by atoms with E-state index in [0.717, 1.165) is 6.42 Å². The van der Waals surface area contributed by atoms with Crippen LogP contribution in [0.15, 0.2) is 4.52 Å². The van der Waals surface area contributed by atoms with Crippen LogP contribution in [0.3, 0.4) is 0 Å². The first kappa shape index (κ1) is 13.7. The number of rotatable bonds is 5. The van der Waals surface area contributed by atoms with Gasteiger partial charge in [0.2, 0.25) is 0 Å². The Bertz CT molecular complexity index is 381. The smallest absolute Gasteiger partial charge is 0.256 e. The largest absolute Gasteiger partial charge is 0.360 e. The van der Waals surface area contributed by atoms with Crippen LogP contribution in [-0.2, 0) is 0 Å². The molecule has 0 aliphatic rings. The van der Waals surface area contributed by atoms with Crippen LogP contribution in [0.1, 0.15) is 61.8 Å². The predicted molar refractivity (Wildman–Crippen MR) is 67.1 cm³/mol. The van der Waals surface area contributed by atoms with Crippen molar-refractivity contribution in [1.82, 2.24) is 10.5 Å². The fourth-order valence-corrected chi connectivity index (χ4v) is 1.62. The van der Waals surface area contributed by atoms with Crippen LogP contribution >= 0.6 is 0 Å². The van der Waals surface area contributed by atoms with Gasteiger partial charge in [-0.05, 0) is 19.3 Å². The van der Waals surface area contributed by atoms with Gasteiger partial charge < -0.3 is 9.84 Å². The summed E-state index contributed by atoms with van der Waals surface area (Å²) in [6.45, 7) is 10.7. The van der Waals surface area contributed by atoms with Crippen molar-refractivity contribution in [3.63, 3.8) is 0 Å². The second-order valence-electron chi connectivity index (χ2n) is 5.10. The zero-order valence-corrected chi connectivity index (χ0v) is 11.3. The minimum Gasteiger partial charge on any atom is -0.360 e. The van der Waals surface area contributed by atoms with Gasteiger partial charge in [0.15, 0.2) is 5.76 Å². The lowest BCUT2D eigenvalue weighted by Gasteiger charge is -2.08. The average Bonchev–Trinajstić information content (AvgIpc) is 2.59. The molecule has 1 heterocycles. The standard InChI is InChI=1S/C13H22N2O2/c1-8(2)6-7-14-13(16)11-10(5)15-17-12(11)9(3)4/h8-9H,6-7H2,1-5H3,(H,14,16). The highest BCUT2D eigenvalue weighted by Gasteiger charge is 2.21. The van der Waals surface area contributed by atoms with Gasteiger partial charge in [-0.3, -0.25) is 4.79 Å². The molecule has 0 aromatic carbocycles. The molecule has 1 N–H and O–H groups in total. The molecular formula is C13H22N2O2. The van der Waals surface area contributed by atoms with Gasteiger partial charge in [-0.2, -0.15) is 0 Å². The summed E-state index contributed by atoms with van der Waals surface area (Å²) in [6, 6.07) is 0. The molecule has 0 saturated heterocycles. The molecule has 0 saturated carbocycles. The van der Waals surface area contributed by atoms with E-state index in [1.165, 1.54) is 0 Å². The van der Waals surface area contributed by atoms with E-state index in [0.29, 0.717) is 29.5 Å². The van der Waals surface area contributed by atoms with Crippen LogP contribution in [0.2, 0.25) is 0 Å². The number of hydrogen-bond donors (Lipinski definition) is 1. The molecule has 1 aromatic rings. The third-order valence-corrected chi connectivity index (χ3v) is 2.65. The molecule has 0 fully saturated rings. The van der Waals surface area contributed by atoms with E-state index in [-0.39, 0.29) is 11.8 Å². The van der Waals surface area contributed by atoms with Gasteiger partial charge >= 0.3 is 0 Å². The summed E-state index contributed by atoms with van der Waals surface area (Å²) >= 11 is 0. The van der Waals surface area contributed by atoms with Crippen molar-refractivity contribution in [3.05, 3.63) is 17.0 Å². The van der Waals surface area contributed by atoms with Gasteiger partial charge in [0.05, 0.1) is 5.69 Å². The van der Waals surface area contributed by atoms with Gasteiger partial charge in [-0.25, -0.2) is 0 Å². The first-order valence-electron chi connectivity index (χ1n) is 6.17. The number of aryl methyl sites for hydroxylation is 1. The van der Waals surface area contributed by atoms with Gasteiger partial charge in [-0.1, -0.05) is 32.9 Å². The van der Waals surface area contributed by atoms with Crippen LogP contribution in [0.4, 0.5) is 0 Å². The summed E-state index contributed by atoms with van der Waals surface area (Å²) in [5.41, 5.74) is 1.26. The number of nitrogens with zero attached hydrogens (tertiary/aromatic N) is 1. The summed E-state index contributed by atoms with van der Waals surface area (Å²) in [5, 5.41) is 6.78. The van der Waals surface area contributed by atoms with E-state index in [1.807, 2.05) is 13.8 Å². The van der Waals surface area contributed by atoms with Crippen molar-refractivity contribution in [3.8, 4) is 0 Å². The summed E-state index contributed by atoms with van der Waals surface area (Å²) in [5.74, 6) is 1.35. The summed E-state index contributed by atoms with van der Waals surface area (Å²) in [4.78, 5) is 12.0. The van der Waals surface area contributed by atoms with Gasteiger partial charge in [0.1, 0.15) is 5.56 Å². The van der Waals surface area contributed by atoms with E-state index in [4.69, 9.17) is 4.52 Å². The molecule has 1 aromatic heterocycles. The predicted octanol–water partition coefficient (Wildman–Crippen LogP) is 2.88. The first-order valence-corrected chi connectivity index (χ1v) is 6.17. The van der Waals surface area contributed by atoms with Gasteiger partial charge in [0, 0.05) is 12.5 Å². The Hall–Kier alpha value is -1.32. The second kappa shape index (κ2) is 5.84. The Balaban J connectivity index is 2.71.